The van der Waals surface area contributed by atoms with Gasteiger partial charge in [0.1, 0.15) is 12.4 Å². The van der Waals surface area contributed by atoms with Gasteiger partial charge < -0.3 is 9.72 Å². The summed E-state index contributed by atoms with van der Waals surface area (Å²) in [4.78, 5) is 19.4. The molecule has 4 nitrogen and oxygen atoms in total. The molecular weight excluding hydrogens is 212 g/mol. The second-order valence-electron chi connectivity index (χ2n) is 3.00. The van der Waals surface area contributed by atoms with Crippen molar-refractivity contribution in [2.75, 3.05) is 0 Å². The lowest BCUT2D eigenvalue weighted by Crippen LogP contribution is -2.06. The minimum Gasteiger partial charge on any atom is -0.454 e. The molecular formula is C10H10N2O2S. The molecule has 0 aliphatic rings. The molecule has 0 unspecified atom stereocenters. The number of hydrogen-bond acceptors (Lipinski definition) is 4. The standard InChI is InChI=1S/C10H10N2O2S/c1-7-8(2-5-15-7)10(13)14-6-9-11-3-4-12-9/h2-5H,6H2,1H3,(H,11,12). The van der Waals surface area contributed by atoms with Crippen molar-refractivity contribution in [1.29, 1.82) is 0 Å². The molecule has 0 saturated heterocycles. The minimum absolute atomic E-state index is 0.182. The number of ether oxygens (including phenoxy) is 1. The Kier molecular flexibility index (Phi) is 2.82. The molecule has 2 rings (SSSR count). The highest BCUT2D eigenvalue weighted by Gasteiger charge is 2.11. The molecule has 2 aromatic rings. The molecule has 0 saturated carbocycles. The van der Waals surface area contributed by atoms with Crippen LogP contribution in [0.15, 0.2) is 23.8 Å². The van der Waals surface area contributed by atoms with Crippen LogP contribution in [0.3, 0.4) is 0 Å². The van der Waals surface area contributed by atoms with E-state index < -0.39 is 0 Å². The largest absolute Gasteiger partial charge is 0.454 e. The summed E-state index contributed by atoms with van der Waals surface area (Å²) in [5.74, 6) is 0.349. The van der Waals surface area contributed by atoms with Crippen LogP contribution in [0, 0.1) is 6.92 Å². The first-order valence-electron chi connectivity index (χ1n) is 4.47. The fraction of sp³-hybridized carbons (Fsp3) is 0.200. The number of carbonyl (C=O) groups excluding carboxylic acids is 1. The van der Waals surface area contributed by atoms with Crippen LogP contribution in [0.5, 0.6) is 0 Å². The van der Waals surface area contributed by atoms with Gasteiger partial charge in [0.05, 0.1) is 5.56 Å². The first-order chi connectivity index (χ1) is 7.27. The number of rotatable bonds is 3. The zero-order valence-corrected chi connectivity index (χ0v) is 9.00. The molecule has 0 aromatic carbocycles. The van der Waals surface area contributed by atoms with Gasteiger partial charge in [-0.3, -0.25) is 0 Å². The number of nitrogens with zero attached hydrogens (tertiary/aromatic N) is 1. The Balaban J connectivity index is 1.96. The SMILES string of the molecule is Cc1sccc1C(=O)OCc1ncc[nH]1. The van der Waals surface area contributed by atoms with E-state index in [1.54, 1.807) is 18.5 Å². The molecule has 0 spiro atoms. The van der Waals surface area contributed by atoms with Crippen molar-refractivity contribution in [3.63, 3.8) is 0 Å². The Morgan fingerprint density at radius 2 is 2.53 bits per heavy atom. The van der Waals surface area contributed by atoms with Crippen molar-refractivity contribution in [2.24, 2.45) is 0 Å². The first-order valence-corrected chi connectivity index (χ1v) is 5.35. The van der Waals surface area contributed by atoms with Crippen molar-refractivity contribution < 1.29 is 9.53 Å². The van der Waals surface area contributed by atoms with Crippen LogP contribution in [-0.4, -0.2) is 15.9 Å². The van der Waals surface area contributed by atoms with Crippen molar-refractivity contribution in [1.82, 2.24) is 9.97 Å². The number of thiophene rings is 1. The van der Waals surface area contributed by atoms with E-state index in [-0.39, 0.29) is 12.6 Å². The van der Waals surface area contributed by atoms with Crippen LogP contribution in [0.2, 0.25) is 0 Å². The highest BCUT2D eigenvalue weighted by Crippen LogP contribution is 2.16. The number of aryl methyl sites for hydroxylation is 1. The molecule has 0 aliphatic heterocycles. The van der Waals surface area contributed by atoms with Crippen molar-refractivity contribution >= 4 is 17.3 Å². The van der Waals surface area contributed by atoms with E-state index in [9.17, 15) is 4.79 Å². The van der Waals surface area contributed by atoms with Crippen LogP contribution >= 0.6 is 11.3 Å². The van der Waals surface area contributed by atoms with Crippen molar-refractivity contribution in [2.45, 2.75) is 13.5 Å². The molecule has 0 fully saturated rings. The number of esters is 1. The summed E-state index contributed by atoms with van der Waals surface area (Å²) in [7, 11) is 0. The zero-order valence-electron chi connectivity index (χ0n) is 8.19. The normalized spacial score (nSPS) is 10.2. The van der Waals surface area contributed by atoms with E-state index in [1.165, 1.54) is 11.3 Å². The van der Waals surface area contributed by atoms with Gasteiger partial charge in [-0.1, -0.05) is 0 Å². The number of carbonyl (C=O) groups is 1. The summed E-state index contributed by atoms with van der Waals surface area (Å²) in [6.45, 7) is 2.08. The average Bonchev–Trinajstić information content (AvgIpc) is 2.84. The third-order valence-corrected chi connectivity index (χ3v) is 2.82. The summed E-state index contributed by atoms with van der Waals surface area (Å²) >= 11 is 1.53. The summed E-state index contributed by atoms with van der Waals surface area (Å²) in [6.07, 6.45) is 3.32. The number of imidazole rings is 1. The molecule has 1 N–H and O–H groups in total. The van der Waals surface area contributed by atoms with Crippen LogP contribution < -0.4 is 0 Å². The van der Waals surface area contributed by atoms with E-state index >= 15 is 0 Å². The smallest absolute Gasteiger partial charge is 0.339 e. The Morgan fingerprint density at radius 1 is 1.67 bits per heavy atom. The fourth-order valence-corrected chi connectivity index (χ4v) is 1.87. The van der Waals surface area contributed by atoms with Gasteiger partial charge in [-0.15, -0.1) is 11.3 Å². The third kappa shape index (κ3) is 2.24. The topological polar surface area (TPSA) is 55.0 Å². The maximum atomic E-state index is 11.6. The molecule has 15 heavy (non-hydrogen) atoms. The van der Waals surface area contributed by atoms with Gasteiger partial charge in [0.15, 0.2) is 0 Å². The van der Waals surface area contributed by atoms with Gasteiger partial charge in [0.2, 0.25) is 0 Å². The highest BCUT2D eigenvalue weighted by molar-refractivity contribution is 7.10. The molecule has 5 heteroatoms. The lowest BCUT2D eigenvalue weighted by atomic mass is 10.3. The second-order valence-corrected chi connectivity index (χ2v) is 4.12. The van der Waals surface area contributed by atoms with Crippen LogP contribution in [-0.2, 0) is 11.3 Å². The van der Waals surface area contributed by atoms with E-state index in [2.05, 4.69) is 9.97 Å². The molecule has 0 aliphatic carbocycles. The Labute approximate surface area is 90.9 Å². The summed E-state index contributed by atoms with van der Waals surface area (Å²) in [5.41, 5.74) is 0.631. The number of nitrogens with one attached hydrogen (secondary N) is 1. The van der Waals surface area contributed by atoms with Gasteiger partial charge in [0, 0.05) is 17.3 Å². The van der Waals surface area contributed by atoms with Crippen molar-refractivity contribution in [3.8, 4) is 0 Å². The lowest BCUT2D eigenvalue weighted by Gasteiger charge is -2.01. The van der Waals surface area contributed by atoms with Gasteiger partial charge in [-0.25, -0.2) is 9.78 Å². The molecule has 2 heterocycles. The van der Waals surface area contributed by atoms with Crippen LogP contribution in [0.4, 0.5) is 0 Å². The second kappa shape index (κ2) is 4.27. The number of hydrogen-bond donors (Lipinski definition) is 1. The summed E-state index contributed by atoms with van der Waals surface area (Å²) < 4.78 is 5.09. The highest BCUT2D eigenvalue weighted by atomic mass is 32.1. The molecule has 2 aromatic heterocycles. The number of aromatic amines is 1. The molecule has 0 radical (unpaired) electrons. The van der Waals surface area contributed by atoms with Crippen LogP contribution in [0.25, 0.3) is 0 Å². The Morgan fingerprint density at radius 3 is 3.13 bits per heavy atom. The summed E-state index contributed by atoms with van der Waals surface area (Å²) in [6, 6.07) is 1.77. The molecule has 0 bridgehead atoms. The predicted molar refractivity (Wildman–Crippen MR) is 56.8 cm³/mol. The number of H-pyrrole nitrogens is 1. The van der Waals surface area contributed by atoms with Gasteiger partial charge >= 0.3 is 5.97 Å². The third-order valence-electron chi connectivity index (χ3n) is 1.97. The van der Waals surface area contributed by atoms with E-state index in [4.69, 9.17) is 4.74 Å². The zero-order chi connectivity index (χ0) is 10.7. The lowest BCUT2D eigenvalue weighted by molar-refractivity contribution is 0.0463. The molecule has 0 amide bonds. The van der Waals surface area contributed by atoms with Gasteiger partial charge in [-0.2, -0.15) is 0 Å². The Hall–Kier alpha value is -1.62. The predicted octanol–water partition coefficient (Wildman–Crippen LogP) is 2.14. The minimum atomic E-state index is -0.301. The maximum absolute atomic E-state index is 11.6. The van der Waals surface area contributed by atoms with Gasteiger partial charge in [-0.05, 0) is 18.4 Å². The van der Waals surface area contributed by atoms with Gasteiger partial charge in [0.25, 0.3) is 0 Å². The Bertz CT molecular complexity index is 448. The molecule has 78 valence electrons. The van der Waals surface area contributed by atoms with E-state index in [1.807, 2.05) is 12.3 Å². The average molecular weight is 222 g/mol. The fourth-order valence-electron chi connectivity index (χ4n) is 1.19. The van der Waals surface area contributed by atoms with E-state index in [0.29, 0.717) is 11.4 Å². The number of aromatic nitrogens is 2. The monoisotopic (exact) mass is 222 g/mol. The first kappa shape index (κ1) is 9.92. The van der Waals surface area contributed by atoms with E-state index in [0.717, 1.165) is 4.88 Å². The summed E-state index contributed by atoms with van der Waals surface area (Å²) in [5, 5.41) is 1.87. The molecule has 0 atom stereocenters. The quantitative estimate of drug-likeness (QED) is 0.809. The maximum Gasteiger partial charge on any atom is 0.339 e. The van der Waals surface area contributed by atoms with Crippen LogP contribution in [0.1, 0.15) is 21.1 Å². The van der Waals surface area contributed by atoms with Crippen molar-refractivity contribution in [3.05, 3.63) is 40.1 Å².